The van der Waals surface area contributed by atoms with Gasteiger partial charge >= 0.3 is 0 Å². The number of nitrogens with zero attached hydrogens (tertiary/aromatic N) is 2. The van der Waals surface area contributed by atoms with E-state index < -0.39 is 0 Å². The van der Waals surface area contributed by atoms with Crippen molar-refractivity contribution >= 4 is 22.0 Å². The van der Waals surface area contributed by atoms with Gasteiger partial charge in [0.05, 0.1) is 11.8 Å². The monoisotopic (exact) mass is 280 g/mol. The quantitative estimate of drug-likeness (QED) is 0.854. The van der Waals surface area contributed by atoms with Gasteiger partial charge in [-0.05, 0) is 40.6 Å². The molecule has 0 amide bonds. The van der Waals surface area contributed by atoms with E-state index in [1.807, 2.05) is 18.2 Å². The highest BCUT2D eigenvalue weighted by atomic mass is 79.9. The third-order valence-corrected chi connectivity index (χ3v) is 4.08. The second kappa shape index (κ2) is 3.86. The van der Waals surface area contributed by atoms with Gasteiger partial charge in [0.2, 0.25) is 0 Å². The molecule has 2 bridgehead atoms. The fraction of sp³-hybridized carbons (Fsp3) is 0.417. The molecule has 2 atom stereocenters. The van der Waals surface area contributed by atoms with Crippen molar-refractivity contribution in [1.29, 1.82) is 0 Å². The average Bonchev–Trinajstić information content (AvgIpc) is 2.85. The van der Waals surface area contributed by atoms with Crippen LogP contribution in [0.25, 0.3) is 6.08 Å². The summed E-state index contributed by atoms with van der Waals surface area (Å²) in [4.78, 5) is 6.56. The number of fused-ring (bicyclic) bond motifs is 2. The first kappa shape index (κ1) is 10.3. The second-order valence-electron chi connectivity index (χ2n) is 4.38. The molecule has 3 nitrogen and oxygen atoms in total. The number of pyridine rings is 1. The molecule has 2 aliphatic heterocycles. The maximum atomic E-state index is 10.1. The molecule has 16 heavy (non-hydrogen) atoms. The van der Waals surface area contributed by atoms with E-state index in [4.69, 9.17) is 0 Å². The number of hydrogen-bond donors (Lipinski definition) is 1. The van der Waals surface area contributed by atoms with Crippen molar-refractivity contribution in [3.8, 4) is 0 Å². The first-order valence-electron chi connectivity index (χ1n) is 5.51. The van der Waals surface area contributed by atoms with Crippen molar-refractivity contribution in [3.05, 3.63) is 34.2 Å². The molecule has 0 spiro atoms. The molecular formula is C12H13BrN2O. The highest BCUT2D eigenvalue weighted by Crippen LogP contribution is 2.37. The van der Waals surface area contributed by atoms with Crippen molar-refractivity contribution in [2.75, 3.05) is 13.1 Å². The summed E-state index contributed by atoms with van der Waals surface area (Å²) in [5, 5.41) is 10.1. The Morgan fingerprint density at radius 2 is 2.44 bits per heavy atom. The lowest BCUT2D eigenvalue weighted by molar-refractivity contribution is 0.153. The Kier molecular flexibility index (Phi) is 2.48. The molecule has 4 heteroatoms. The van der Waals surface area contributed by atoms with E-state index in [1.165, 1.54) is 0 Å². The summed E-state index contributed by atoms with van der Waals surface area (Å²) < 4.78 is 0.971. The highest BCUT2D eigenvalue weighted by molar-refractivity contribution is 9.10. The van der Waals surface area contributed by atoms with Gasteiger partial charge in [0, 0.05) is 35.4 Å². The largest absolute Gasteiger partial charge is 0.387 e. The topological polar surface area (TPSA) is 36.4 Å². The lowest BCUT2D eigenvalue weighted by Crippen LogP contribution is -2.25. The number of aliphatic hydroxyl groups is 1. The summed E-state index contributed by atoms with van der Waals surface area (Å²) in [5.41, 5.74) is 1.92. The van der Waals surface area contributed by atoms with Crippen LogP contribution in [-0.4, -0.2) is 34.2 Å². The van der Waals surface area contributed by atoms with E-state index in [2.05, 4.69) is 25.8 Å². The Bertz CT molecular complexity index is 442. The molecule has 3 heterocycles. The molecule has 2 saturated heterocycles. The fourth-order valence-electron chi connectivity index (χ4n) is 2.53. The summed E-state index contributed by atoms with van der Waals surface area (Å²) >= 11 is 3.47. The number of hydrogen-bond acceptors (Lipinski definition) is 3. The minimum atomic E-state index is -0.303. The first-order chi connectivity index (χ1) is 7.75. The van der Waals surface area contributed by atoms with Crippen molar-refractivity contribution in [2.24, 2.45) is 5.92 Å². The van der Waals surface area contributed by atoms with E-state index in [9.17, 15) is 5.11 Å². The van der Waals surface area contributed by atoms with Gasteiger partial charge in [-0.1, -0.05) is 0 Å². The third-order valence-electron chi connectivity index (χ3n) is 3.41. The highest BCUT2D eigenvalue weighted by Gasteiger charge is 2.40. The smallest absolute Gasteiger partial charge is 0.0982 e. The summed E-state index contributed by atoms with van der Waals surface area (Å²) in [5.74, 6) is 0.425. The minimum absolute atomic E-state index is 0.303. The number of aromatic nitrogens is 1. The van der Waals surface area contributed by atoms with Crippen molar-refractivity contribution < 1.29 is 5.11 Å². The molecule has 0 saturated carbocycles. The van der Waals surface area contributed by atoms with Crippen LogP contribution in [0.1, 0.15) is 12.1 Å². The fourth-order valence-corrected chi connectivity index (χ4v) is 2.90. The second-order valence-corrected chi connectivity index (χ2v) is 5.23. The minimum Gasteiger partial charge on any atom is -0.387 e. The summed E-state index contributed by atoms with van der Waals surface area (Å²) in [7, 11) is 0. The van der Waals surface area contributed by atoms with Gasteiger partial charge in [0.25, 0.3) is 0 Å². The molecule has 2 fully saturated rings. The van der Waals surface area contributed by atoms with Gasteiger partial charge in [-0.15, -0.1) is 0 Å². The normalized spacial score (nSPS) is 30.4. The van der Waals surface area contributed by atoms with Gasteiger partial charge in [-0.25, -0.2) is 0 Å². The molecule has 1 aromatic rings. The molecule has 2 aliphatic rings. The zero-order chi connectivity index (χ0) is 11.1. The Morgan fingerprint density at radius 3 is 3.12 bits per heavy atom. The van der Waals surface area contributed by atoms with Crippen LogP contribution < -0.4 is 0 Å². The zero-order valence-electron chi connectivity index (χ0n) is 8.81. The Balaban J connectivity index is 1.96. The third kappa shape index (κ3) is 1.57. The van der Waals surface area contributed by atoms with Gasteiger partial charge < -0.3 is 10.0 Å². The standard InChI is InChI=1S/C12H13BrN2O/c13-9-2-1-4-14-10(9)6-11-12(16)8-3-5-15(11)7-8/h1-2,4,6,8,12,16H,3,5,7H2/b11-6-. The van der Waals surface area contributed by atoms with Gasteiger partial charge in [0.15, 0.2) is 0 Å². The summed E-state index contributed by atoms with van der Waals surface area (Å²) in [6, 6.07) is 3.86. The van der Waals surface area contributed by atoms with E-state index in [-0.39, 0.29) is 6.10 Å². The van der Waals surface area contributed by atoms with Crippen molar-refractivity contribution in [3.63, 3.8) is 0 Å². The molecule has 84 valence electrons. The van der Waals surface area contributed by atoms with Crippen LogP contribution in [0.2, 0.25) is 0 Å². The van der Waals surface area contributed by atoms with E-state index >= 15 is 0 Å². The predicted octanol–water partition coefficient (Wildman–Crippen LogP) is 1.88. The van der Waals surface area contributed by atoms with Crippen LogP contribution in [-0.2, 0) is 0 Å². The number of halogens is 1. The van der Waals surface area contributed by atoms with Crippen LogP contribution in [0.4, 0.5) is 0 Å². The lowest BCUT2D eigenvalue weighted by Gasteiger charge is -2.22. The maximum Gasteiger partial charge on any atom is 0.0982 e. The van der Waals surface area contributed by atoms with Crippen molar-refractivity contribution in [1.82, 2.24) is 9.88 Å². The average molecular weight is 281 g/mol. The SMILES string of the molecule is OC1/C(=C/c2ncccc2Br)N2CCC1C2. The molecule has 0 radical (unpaired) electrons. The van der Waals surface area contributed by atoms with Crippen LogP contribution in [0.15, 0.2) is 28.5 Å². The molecular weight excluding hydrogens is 268 g/mol. The van der Waals surface area contributed by atoms with E-state index in [1.54, 1.807) is 6.20 Å². The lowest BCUT2D eigenvalue weighted by atomic mass is 10.00. The molecule has 2 unspecified atom stereocenters. The summed E-state index contributed by atoms with van der Waals surface area (Å²) in [6.45, 7) is 2.06. The van der Waals surface area contributed by atoms with E-state index in [0.717, 1.165) is 35.4 Å². The van der Waals surface area contributed by atoms with Gasteiger partial charge in [-0.2, -0.15) is 0 Å². The Hall–Kier alpha value is -0.870. The van der Waals surface area contributed by atoms with E-state index in [0.29, 0.717) is 5.92 Å². The summed E-state index contributed by atoms with van der Waals surface area (Å²) in [6.07, 6.45) is 4.57. The molecule has 1 N–H and O–H groups in total. The Labute approximate surface area is 103 Å². The number of rotatable bonds is 1. The predicted molar refractivity (Wildman–Crippen MR) is 65.6 cm³/mol. The molecule has 3 rings (SSSR count). The van der Waals surface area contributed by atoms with Gasteiger partial charge in [0.1, 0.15) is 0 Å². The van der Waals surface area contributed by atoms with Crippen molar-refractivity contribution in [2.45, 2.75) is 12.5 Å². The number of aliphatic hydroxyl groups excluding tert-OH is 1. The Morgan fingerprint density at radius 1 is 1.56 bits per heavy atom. The van der Waals surface area contributed by atoms with Crippen LogP contribution >= 0.6 is 15.9 Å². The first-order valence-corrected chi connectivity index (χ1v) is 6.30. The number of piperidine rings is 1. The molecule has 0 aromatic carbocycles. The van der Waals surface area contributed by atoms with Crippen LogP contribution in [0.5, 0.6) is 0 Å². The molecule has 1 aromatic heterocycles. The van der Waals surface area contributed by atoms with Crippen LogP contribution in [0, 0.1) is 5.92 Å². The maximum absolute atomic E-state index is 10.1. The van der Waals surface area contributed by atoms with Crippen LogP contribution in [0.3, 0.4) is 0 Å². The zero-order valence-corrected chi connectivity index (χ0v) is 10.4. The van der Waals surface area contributed by atoms with Gasteiger partial charge in [-0.3, -0.25) is 4.98 Å². The molecule has 0 aliphatic carbocycles.